The van der Waals surface area contributed by atoms with Crippen LogP contribution in [0.4, 0.5) is 0 Å². The van der Waals surface area contributed by atoms with Crippen molar-refractivity contribution in [3.05, 3.63) is 23.3 Å². The Morgan fingerprint density at radius 3 is 1.41 bits per heavy atom. The van der Waals surface area contributed by atoms with E-state index in [-0.39, 0.29) is 10.8 Å². The maximum absolute atomic E-state index is 4.71. The molecule has 1 heterocycles. The molecule has 1 rings (SSSR count). The Hall–Kier alpha value is -0.920. The molecule has 0 aliphatic carbocycles. The highest BCUT2D eigenvalue weighted by molar-refractivity contribution is 5.23. The number of hydrogen-bond donors (Lipinski definition) is 0. The maximum Gasteiger partial charge on any atom is 0.131 e. The minimum Gasteiger partial charge on any atom is -0.237 e. The Balaban J connectivity index is 3.40. The van der Waals surface area contributed by atoms with Gasteiger partial charge >= 0.3 is 0 Å². The lowest BCUT2D eigenvalue weighted by atomic mass is 9.86. The van der Waals surface area contributed by atoms with Crippen LogP contribution in [0, 0.1) is 0 Å². The zero-order chi connectivity index (χ0) is 13.4. The number of rotatable bonds is 1. The minimum atomic E-state index is 0.0760. The quantitative estimate of drug-likeness (QED) is 0.728. The zero-order valence-corrected chi connectivity index (χ0v) is 12.5. The fourth-order valence-electron chi connectivity index (χ4n) is 1.49. The summed E-state index contributed by atoms with van der Waals surface area (Å²) in [5.74, 6) is 1.33. The highest BCUT2D eigenvalue weighted by Gasteiger charge is 2.23. The van der Waals surface area contributed by atoms with Crippen molar-refractivity contribution in [1.82, 2.24) is 9.97 Å². The Kier molecular flexibility index (Phi) is 3.66. The van der Waals surface area contributed by atoms with Crippen LogP contribution in [0.5, 0.6) is 0 Å². The topological polar surface area (TPSA) is 25.8 Å². The van der Waals surface area contributed by atoms with E-state index in [4.69, 9.17) is 9.97 Å². The third-order valence-electron chi connectivity index (χ3n) is 2.80. The van der Waals surface area contributed by atoms with Crippen molar-refractivity contribution in [1.29, 1.82) is 0 Å². The van der Waals surface area contributed by atoms with E-state index in [1.54, 1.807) is 0 Å². The molecule has 0 saturated heterocycles. The molecule has 0 amide bonds. The fraction of sp³-hybridized carbons (Fsp3) is 0.733. The van der Waals surface area contributed by atoms with Crippen molar-refractivity contribution in [3.8, 4) is 0 Å². The summed E-state index contributed by atoms with van der Waals surface area (Å²) >= 11 is 0. The van der Waals surface area contributed by atoms with E-state index in [9.17, 15) is 0 Å². The van der Waals surface area contributed by atoms with Gasteiger partial charge in [-0.1, -0.05) is 55.4 Å². The van der Waals surface area contributed by atoms with Gasteiger partial charge in [0.05, 0.1) is 0 Å². The van der Waals surface area contributed by atoms with Gasteiger partial charge in [0.1, 0.15) is 5.82 Å². The van der Waals surface area contributed by atoms with Gasteiger partial charge in [-0.3, -0.25) is 0 Å². The first-order chi connectivity index (χ1) is 7.51. The van der Waals surface area contributed by atoms with E-state index in [1.165, 1.54) is 0 Å². The monoisotopic (exact) mass is 234 g/mol. The third-order valence-corrected chi connectivity index (χ3v) is 2.80. The van der Waals surface area contributed by atoms with Crippen LogP contribution in [0.1, 0.15) is 78.5 Å². The van der Waals surface area contributed by atoms with Crippen LogP contribution in [0.25, 0.3) is 0 Å². The average Bonchev–Trinajstić information content (AvgIpc) is 2.14. The van der Waals surface area contributed by atoms with Crippen molar-refractivity contribution < 1.29 is 0 Å². The molecule has 0 unspecified atom stereocenters. The molecule has 0 radical (unpaired) electrons. The molecule has 0 bridgehead atoms. The van der Waals surface area contributed by atoms with Gasteiger partial charge in [-0.2, -0.15) is 0 Å². The van der Waals surface area contributed by atoms with Gasteiger partial charge in [-0.05, 0) is 6.07 Å². The molecule has 2 nitrogen and oxygen atoms in total. The highest BCUT2D eigenvalue weighted by Crippen LogP contribution is 2.27. The van der Waals surface area contributed by atoms with Gasteiger partial charge in [-0.25, -0.2) is 9.97 Å². The third kappa shape index (κ3) is 3.52. The van der Waals surface area contributed by atoms with Crippen LogP contribution in [0.3, 0.4) is 0 Å². The van der Waals surface area contributed by atoms with E-state index in [0.717, 1.165) is 17.2 Å². The predicted molar refractivity (Wildman–Crippen MR) is 73.5 cm³/mol. The smallest absolute Gasteiger partial charge is 0.131 e. The van der Waals surface area contributed by atoms with Crippen LogP contribution in [0.2, 0.25) is 0 Å². The molecule has 0 aliphatic heterocycles. The van der Waals surface area contributed by atoms with Crippen LogP contribution >= 0.6 is 0 Å². The SMILES string of the molecule is CC(C)c1nc(C(C)(C)C)cc(C(C)(C)C)n1. The summed E-state index contributed by atoms with van der Waals surface area (Å²) in [6.07, 6.45) is 0. The number of hydrogen-bond acceptors (Lipinski definition) is 2. The molecule has 0 N–H and O–H groups in total. The second kappa shape index (κ2) is 4.40. The van der Waals surface area contributed by atoms with E-state index in [1.807, 2.05) is 0 Å². The molecule has 2 heteroatoms. The molecule has 0 aliphatic rings. The van der Waals surface area contributed by atoms with Crippen molar-refractivity contribution in [2.45, 2.75) is 72.1 Å². The Labute approximate surface area is 106 Å². The van der Waals surface area contributed by atoms with Crippen molar-refractivity contribution in [2.75, 3.05) is 0 Å². The van der Waals surface area contributed by atoms with Crippen LogP contribution in [-0.2, 0) is 10.8 Å². The van der Waals surface area contributed by atoms with Gasteiger partial charge in [0.25, 0.3) is 0 Å². The van der Waals surface area contributed by atoms with Crippen LogP contribution in [0.15, 0.2) is 6.07 Å². The number of nitrogens with zero attached hydrogens (tertiary/aromatic N) is 2. The summed E-state index contributed by atoms with van der Waals surface area (Å²) in [7, 11) is 0. The van der Waals surface area contributed by atoms with E-state index >= 15 is 0 Å². The minimum absolute atomic E-state index is 0.0760. The highest BCUT2D eigenvalue weighted by atomic mass is 14.9. The Morgan fingerprint density at radius 2 is 1.18 bits per heavy atom. The summed E-state index contributed by atoms with van der Waals surface area (Å²) in [5, 5.41) is 0. The summed E-state index contributed by atoms with van der Waals surface area (Å²) in [4.78, 5) is 9.41. The van der Waals surface area contributed by atoms with Crippen molar-refractivity contribution in [2.24, 2.45) is 0 Å². The first kappa shape index (κ1) is 14.1. The molecule has 1 aromatic rings. The predicted octanol–water partition coefficient (Wildman–Crippen LogP) is 4.20. The molecule has 0 fully saturated rings. The number of aromatic nitrogens is 2. The van der Waals surface area contributed by atoms with Crippen LogP contribution < -0.4 is 0 Å². The van der Waals surface area contributed by atoms with Gasteiger partial charge < -0.3 is 0 Å². The van der Waals surface area contributed by atoms with Gasteiger partial charge in [0, 0.05) is 28.1 Å². The Morgan fingerprint density at radius 1 is 0.824 bits per heavy atom. The zero-order valence-electron chi connectivity index (χ0n) is 12.5. The van der Waals surface area contributed by atoms with Crippen LogP contribution in [-0.4, -0.2) is 9.97 Å². The molecule has 17 heavy (non-hydrogen) atoms. The van der Waals surface area contributed by atoms with Gasteiger partial charge in [-0.15, -0.1) is 0 Å². The molecule has 0 spiro atoms. The molecule has 0 aromatic carbocycles. The molecule has 0 saturated carbocycles. The molecular formula is C15H26N2. The average molecular weight is 234 g/mol. The molecule has 0 atom stereocenters. The maximum atomic E-state index is 4.71. The van der Waals surface area contributed by atoms with E-state index in [2.05, 4.69) is 61.5 Å². The van der Waals surface area contributed by atoms with Crippen molar-refractivity contribution in [3.63, 3.8) is 0 Å². The fourth-order valence-corrected chi connectivity index (χ4v) is 1.49. The summed E-state index contributed by atoms with van der Waals surface area (Å²) < 4.78 is 0. The van der Waals surface area contributed by atoms with E-state index < -0.39 is 0 Å². The molecular weight excluding hydrogens is 208 g/mol. The second-order valence-corrected chi connectivity index (χ2v) is 7.15. The van der Waals surface area contributed by atoms with Crippen molar-refractivity contribution >= 4 is 0 Å². The summed E-state index contributed by atoms with van der Waals surface area (Å²) in [6, 6.07) is 2.16. The van der Waals surface area contributed by atoms with Gasteiger partial charge in [0.2, 0.25) is 0 Å². The van der Waals surface area contributed by atoms with Gasteiger partial charge in [0.15, 0.2) is 0 Å². The lowest BCUT2D eigenvalue weighted by Gasteiger charge is -2.24. The summed E-state index contributed by atoms with van der Waals surface area (Å²) in [5.41, 5.74) is 2.43. The first-order valence-electron chi connectivity index (χ1n) is 6.42. The lowest BCUT2D eigenvalue weighted by molar-refractivity contribution is 0.525. The standard InChI is InChI=1S/C15H26N2/c1-10(2)13-16-11(14(3,4)5)9-12(17-13)15(6,7)8/h9-10H,1-8H3. The lowest BCUT2D eigenvalue weighted by Crippen LogP contribution is -2.21. The Bertz CT molecular complexity index is 360. The largest absolute Gasteiger partial charge is 0.237 e. The molecule has 96 valence electrons. The van der Waals surface area contributed by atoms with E-state index in [0.29, 0.717) is 5.92 Å². The first-order valence-corrected chi connectivity index (χ1v) is 6.42. The molecule has 1 aromatic heterocycles. The normalized spacial score (nSPS) is 13.2. The second-order valence-electron chi connectivity index (χ2n) is 7.15. The summed E-state index contributed by atoms with van der Waals surface area (Å²) in [6.45, 7) is 17.5.